The zero-order valence-corrected chi connectivity index (χ0v) is 21.0. The van der Waals surface area contributed by atoms with Gasteiger partial charge >= 0.3 is 0 Å². The molecule has 3 aromatic heterocycles. The van der Waals surface area contributed by atoms with Crippen LogP contribution in [0, 0.1) is 5.82 Å². The van der Waals surface area contributed by atoms with E-state index >= 15 is 4.39 Å². The zero-order valence-electron chi connectivity index (χ0n) is 21.0. The van der Waals surface area contributed by atoms with Gasteiger partial charge in [-0.3, -0.25) is 14.5 Å². The van der Waals surface area contributed by atoms with Gasteiger partial charge in [0.25, 0.3) is 0 Å². The molecule has 11 nitrogen and oxygen atoms in total. The molecule has 200 valence electrons. The first-order chi connectivity index (χ1) is 18.9. The van der Waals surface area contributed by atoms with Crippen LogP contribution in [0.15, 0.2) is 72.4 Å². The number of benzene rings is 1. The second-order valence-electron chi connectivity index (χ2n) is 8.92. The normalized spacial score (nSPS) is 13.8. The number of piperazine rings is 1. The smallest absolute Gasteiger partial charge is 0.248 e. The summed E-state index contributed by atoms with van der Waals surface area (Å²) in [6, 6.07) is 9.60. The van der Waals surface area contributed by atoms with Gasteiger partial charge in [0.2, 0.25) is 11.9 Å². The molecule has 0 saturated carbocycles. The fourth-order valence-corrected chi connectivity index (χ4v) is 4.44. The molecule has 1 aliphatic heterocycles. The molecule has 5 rings (SSSR count). The highest BCUT2D eigenvalue weighted by molar-refractivity contribution is 5.98. The molecular formula is C27H27FN8O3. The number of fused-ring (bicyclic) bond motifs is 1. The van der Waals surface area contributed by atoms with Crippen molar-refractivity contribution in [1.82, 2.24) is 24.4 Å². The molecule has 12 heteroatoms. The topological polar surface area (TPSA) is 129 Å². The molecule has 0 spiro atoms. The summed E-state index contributed by atoms with van der Waals surface area (Å²) in [5.41, 5.74) is 1.64. The lowest BCUT2D eigenvalue weighted by Gasteiger charge is -2.36. The Morgan fingerprint density at radius 2 is 1.95 bits per heavy atom. The fourth-order valence-electron chi connectivity index (χ4n) is 4.44. The van der Waals surface area contributed by atoms with Gasteiger partial charge in [0.1, 0.15) is 11.6 Å². The number of carbonyl (C=O) groups excluding carboxylic acids is 1. The standard InChI is InChI=1S/C27H27FN8O3/c1-2-25(39)32-24-16-19(5-7-29-24)36-8-6-23(38)20-17-30-27(33-26(20)36)31-18-3-4-22(21(28)15-18)35-11-9-34(10-12-35)13-14-37/h2-8,15-17,37H,1,9-14H2,(H,29,32,39)(H,30,31,33). The Hall–Kier alpha value is -4.68. The van der Waals surface area contributed by atoms with Crippen molar-refractivity contribution in [2.75, 3.05) is 54.9 Å². The maximum absolute atomic E-state index is 15.1. The van der Waals surface area contributed by atoms with Crippen LogP contribution in [0.1, 0.15) is 0 Å². The largest absolute Gasteiger partial charge is 0.395 e. The first kappa shape index (κ1) is 25.9. The van der Waals surface area contributed by atoms with E-state index in [9.17, 15) is 9.59 Å². The summed E-state index contributed by atoms with van der Waals surface area (Å²) in [6.45, 7) is 7.02. The molecule has 3 N–H and O–H groups in total. The number of aliphatic hydroxyl groups excluding tert-OH is 1. The van der Waals surface area contributed by atoms with Crippen molar-refractivity contribution < 1.29 is 14.3 Å². The first-order valence-electron chi connectivity index (χ1n) is 12.4. The zero-order chi connectivity index (χ0) is 27.4. The van der Waals surface area contributed by atoms with Crippen LogP contribution in [0.2, 0.25) is 0 Å². The SMILES string of the molecule is C=CC(=O)Nc1cc(-n2ccc(=O)c3cnc(Nc4ccc(N5CCN(CCO)CC5)c(F)c4)nc32)ccn1. The summed E-state index contributed by atoms with van der Waals surface area (Å²) in [5.74, 6) is -0.289. The third kappa shape index (κ3) is 5.76. The molecule has 4 aromatic rings. The Balaban J connectivity index is 1.40. The Bertz CT molecular complexity index is 1580. The number of rotatable bonds is 8. The van der Waals surface area contributed by atoms with Crippen molar-refractivity contribution in [1.29, 1.82) is 0 Å². The van der Waals surface area contributed by atoms with E-state index in [1.165, 1.54) is 24.5 Å². The quantitative estimate of drug-likeness (QED) is 0.294. The van der Waals surface area contributed by atoms with E-state index in [0.29, 0.717) is 53.5 Å². The molecule has 1 saturated heterocycles. The van der Waals surface area contributed by atoms with E-state index in [0.717, 1.165) is 19.2 Å². The molecule has 0 aliphatic carbocycles. The summed E-state index contributed by atoms with van der Waals surface area (Å²) in [4.78, 5) is 41.3. The van der Waals surface area contributed by atoms with Crippen LogP contribution in [0.3, 0.4) is 0 Å². The molecule has 0 bridgehead atoms. The molecule has 4 heterocycles. The Labute approximate surface area is 223 Å². The van der Waals surface area contributed by atoms with Crippen molar-refractivity contribution in [3.63, 3.8) is 0 Å². The Morgan fingerprint density at radius 3 is 2.69 bits per heavy atom. The first-order valence-corrected chi connectivity index (χ1v) is 12.4. The number of aromatic nitrogens is 4. The van der Waals surface area contributed by atoms with Crippen LogP contribution < -0.4 is 21.0 Å². The van der Waals surface area contributed by atoms with E-state index in [-0.39, 0.29) is 23.8 Å². The minimum atomic E-state index is -0.402. The number of anilines is 4. The monoisotopic (exact) mass is 530 g/mol. The highest BCUT2D eigenvalue weighted by Gasteiger charge is 2.19. The van der Waals surface area contributed by atoms with Gasteiger partial charge in [-0.25, -0.2) is 14.4 Å². The Kier molecular flexibility index (Phi) is 7.57. The number of nitrogens with one attached hydrogen (secondary N) is 2. The average Bonchev–Trinajstić information content (AvgIpc) is 2.94. The molecule has 1 amide bonds. The lowest BCUT2D eigenvalue weighted by molar-refractivity contribution is -0.111. The number of β-amino-alcohol motifs (C(OH)–C–C–N with tert-alkyl or cyclic N) is 1. The fraction of sp³-hybridized carbons (Fsp3) is 0.222. The molecule has 1 aromatic carbocycles. The van der Waals surface area contributed by atoms with Crippen molar-refractivity contribution in [2.45, 2.75) is 0 Å². The number of halogens is 1. The maximum Gasteiger partial charge on any atom is 0.248 e. The highest BCUT2D eigenvalue weighted by atomic mass is 19.1. The molecule has 0 unspecified atom stereocenters. The third-order valence-corrected chi connectivity index (χ3v) is 6.43. The molecular weight excluding hydrogens is 503 g/mol. The van der Waals surface area contributed by atoms with Gasteiger partial charge in [-0.05, 0) is 30.3 Å². The second-order valence-corrected chi connectivity index (χ2v) is 8.92. The minimum Gasteiger partial charge on any atom is -0.395 e. The number of carbonyl (C=O) groups is 1. The van der Waals surface area contributed by atoms with Crippen LogP contribution in [0.4, 0.5) is 27.5 Å². The summed E-state index contributed by atoms with van der Waals surface area (Å²) in [5, 5.41) is 15.0. The highest BCUT2D eigenvalue weighted by Crippen LogP contribution is 2.26. The van der Waals surface area contributed by atoms with Gasteiger partial charge in [-0.1, -0.05) is 6.58 Å². The van der Waals surface area contributed by atoms with Crippen molar-refractivity contribution in [3.8, 4) is 5.69 Å². The van der Waals surface area contributed by atoms with Crippen LogP contribution in [0.5, 0.6) is 0 Å². The van der Waals surface area contributed by atoms with E-state index in [1.54, 1.807) is 35.0 Å². The number of amides is 1. The lowest BCUT2D eigenvalue weighted by Crippen LogP contribution is -2.47. The molecule has 0 atom stereocenters. The second kappa shape index (κ2) is 11.4. The Morgan fingerprint density at radius 1 is 1.13 bits per heavy atom. The number of hydrogen-bond donors (Lipinski definition) is 3. The van der Waals surface area contributed by atoms with E-state index in [4.69, 9.17) is 5.11 Å². The molecule has 39 heavy (non-hydrogen) atoms. The predicted molar refractivity (Wildman–Crippen MR) is 147 cm³/mol. The van der Waals surface area contributed by atoms with Gasteiger partial charge in [-0.15, -0.1) is 0 Å². The van der Waals surface area contributed by atoms with Gasteiger partial charge in [0, 0.05) is 69.1 Å². The number of hydrogen-bond acceptors (Lipinski definition) is 9. The summed E-state index contributed by atoms with van der Waals surface area (Å²) < 4.78 is 16.7. The van der Waals surface area contributed by atoms with E-state index < -0.39 is 5.91 Å². The van der Waals surface area contributed by atoms with Crippen LogP contribution in [-0.4, -0.2) is 74.8 Å². The van der Waals surface area contributed by atoms with Crippen LogP contribution in [-0.2, 0) is 4.79 Å². The lowest BCUT2D eigenvalue weighted by atomic mass is 10.2. The predicted octanol–water partition coefficient (Wildman–Crippen LogP) is 2.30. The van der Waals surface area contributed by atoms with Crippen molar-refractivity contribution in [2.24, 2.45) is 0 Å². The minimum absolute atomic E-state index is 0.110. The number of aliphatic hydroxyl groups is 1. The number of pyridine rings is 2. The van der Waals surface area contributed by atoms with E-state index in [1.807, 2.05) is 4.90 Å². The van der Waals surface area contributed by atoms with Crippen molar-refractivity contribution >= 4 is 40.1 Å². The van der Waals surface area contributed by atoms with Gasteiger partial charge < -0.3 is 25.2 Å². The molecule has 1 fully saturated rings. The third-order valence-electron chi connectivity index (χ3n) is 6.43. The summed E-state index contributed by atoms with van der Waals surface area (Å²) in [6.07, 6.45) is 5.66. The van der Waals surface area contributed by atoms with E-state index in [2.05, 4.69) is 37.1 Å². The van der Waals surface area contributed by atoms with Gasteiger partial charge in [0.05, 0.1) is 23.4 Å². The van der Waals surface area contributed by atoms with Gasteiger partial charge in [-0.2, -0.15) is 4.98 Å². The molecule has 1 aliphatic rings. The molecule has 0 radical (unpaired) electrons. The van der Waals surface area contributed by atoms with Crippen molar-refractivity contribution in [3.05, 3.63) is 83.7 Å². The van der Waals surface area contributed by atoms with Crippen LogP contribution >= 0.6 is 0 Å². The average molecular weight is 531 g/mol. The maximum atomic E-state index is 15.1. The summed E-state index contributed by atoms with van der Waals surface area (Å²) in [7, 11) is 0. The van der Waals surface area contributed by atoms with Crippen LogP contribution in [0.25, 0.3) is 16.7 Å². The summed E-state index contributed by atoms with van der Waals surface area (Å²) >= 11 is 0. The van der Waals surface area contributed by atoms with Gasteiger partial charge in [0.15, 0.2) is 11.1 Å². The number of nitrogens with zero attached hydrogens (tertiary/aromatic N) is 6.